The number of nitrogens with one attached hydrogen (secondary N) is 2. The zero-order chi connectivity index (χ0) is 18.5. The molecule has 0 saturated carbocycles. The summed E-state index contributed by atoms with van der Waals surface area (Å²) in [6.07, 6.45) is 0. The van der Waals surface area contributed by atoms with Gasteiger partial charge in [-0.25, -0.2) is 0 Å². The molecule has 0 atom stereocenters. The number of hydrogen-bond acceptors (Lipinski definition) is 2. The van der Waals surface area contributed by atoms with Crippen molar-refractivity contribution in [1.29, 1.82) is 0 Å². The molecule has 3 aromatic rings. The Kier molecular flexibility index (Phi) is 5.56. The smallest absolute Gasteiger partial charge is 0.257 e. The number of rotatable bonds is 4. The van der Waals surface area contributed by atoms with E-state index in [2.05, 4.69) is 10.6 Å². The van der Waals surface area contributed by atoms with Gasteiger partial charge in [0, 0.05) is 11.4 Å². The summed E-state index contributed by atoms with van der Waals surface area (Å²) in [5, 5.41) is 6.26. The Morgan fingerprint density at radius 1 is 0.615 bits per heavy atom. The van der Waals surface area contributed by atoms with Crippen molar-refractivity contribution >= 4 is 46.4 Å². The zero-order valence-corrected chi connectivity index (χ0v) is 15.0. The van der Waals surface area contributed by atoms with Crippen LogP contribution in [0.25, 0.3) is 0 Å². The fraction of sp³-hybridized carbons (Fsp3) is 0. The first kappa shape index (κ1) is 18.0. The molecule has 4 nitrogen and oxygen atoms in total. The molecule has 130 valence electrons. The second-order valence-corrected chi connectivity index (χ2v) is 6.26. The van der Waals surface area contributed by atoms with E-state index < -0.39 is 0 Å². The lowest BCUT2D eigenvalue weighted by Crippen LogP contribution is -2.14. The molecule has 0 aromatic heterocycles. The van der Waals surface area contributed by atoms with Gasteiger partial charge in [-0.1, -0.05) is 53.5 Å². The van der Waals surface area contributed by atoms with Crippen molar-refractivity contribution in [2.75, 3.05) is 10.6 Å². The van der Waals surface area contributed by atoms with E-state index in [1.54, 1.807) is 72.8 Å². The zero-order valence-electron chi connectivity index (χ0n) is 13.5. The Labute approximate surface area is 160 Å². The Hall–Kier alpha value is -2.82. The monoisotopic (exact) mass is 384 g/mol. The topological polar surface area (TPSA) is 58.2 Å². The molecule has 3 rings (SSSR count). The van der Waals surface area contributed by atoms with Crippen LogP contribution in [0.15, 0.2) is 72.8 Å². The number of carbonyl (C=O) groups is 2. The minimum Gasteiger partial charge on any atom is -0.322 e. The van der Waals surface area contributed by atoms with Crippen molar-refractivity contribution in [2.45, 2.75) is 0 Å². The molecule has 0 aliphatic heterocycles. The SMILES string of the molecule is O=C(Nc1cccc(NC(=O)c2ccccc2Cl)c1)c1ccccc1Cl. The van der Waals surface area contributed by atoms with Crippen LogP contribution in [-0.4, -0.2) is 11.8 Å². The summed E-state index contributed by atoms with van der Waals surface area (Å²) in [7, 11) is 0. The number of hydrogen-bond donors (Lipinski definition) is 2. The van der Waals surface area contributed by atoms with Gasteiger partial charge in [0.25, 0.3) is 11.8 Å². The second kappa shape index (κ2) is 8.04. The Morgan fingerprint density at radius 3 is 1.46 bits per heavy atom. The van der Waals surface area contributed by atoms with Crippen LogP contribution in [0.4, 0.5) is 11.4 Å². The minimum absolute atomic E-state index is 0.329. The summed E-state index contributed by atoms with van der Waals surface area (Å²) in [5.41, 5.74) is 1.82. The van der Waals surface area contributed by atoms with Gasteiger partial charge >= 0.3 is 0 Å². The van der Waals surface area contributed by atoms with Gasteiger partial charge in [-0.3, -0.25) is 9.59 Å². The molecule has 26 heavy (non-hydrogen) atoms. The van der Waals surface area contributed by atoms with Crippen molar-refractivity contribution in [3.63, 3.8) is 0 Å². The van der Waals surface area contributed by atoms with Gasteiger partial charge in [-0.05, 0) is 42.5 Å². The molecule has 2 amide bonds. The number of anilines is 2. The summed E-state index contributed by atoms with van der Waals surface area (Å²) >= 11 is 12.1. The Balaban J connectivity index is 1.74. The molecule has 0 fully saturated rings. The molecule has 2 N–H and O–H groups in total. The number of halogens is 2. The van der Waals surface area contributed by atoms with Crippen molar-refractivity contribution in [1.82, 2.24) is 0 Å². The minimum atomic E-state index is -0.329. The van der Waals surface area contributed by atoms with E-state index in [4.69, 9.17) is 23.2 Å². The molecule has 3 aromatic carbocycles. The number of carbonyl (C=O) groups excluding carboxylic acids is 2. The summed E-state index contributed by atoms with van der Waals surface area (Å²) < 4.78 is 0. The van der Waals surface area contributed by atoms with Gasteiger partial charge in [-0.15, -0.1) is 0 Å². The van der Waals surface area contributed by atoms with Gasteiger partial charge < -0.3 is 10.6 Å². The maximum absolute atomic E-state index is 12.3. The van der Waals surface area contributed by atoms with Gasteiger partial charge in [0.05, 0.1) is 21.2 Å². The third kappa shape index (κ3) is 4.23. The van der Waals surface area contributed by atoms with Crippen LogP contribution in [0.5, 0.6) is 0 Å². The predicted octanol–water partition coefficient (Wildman–Crippen LogP) is 5.50. The summed E-state index contributed by atoms with van der Waals surface area (Å²) in [6, 6.07) is 20.4. The predicted molar refractivity (Wildman–Crippen MR) is 105 cm³/mol. The van der Waals surface area contributed by atoms with E-state index in [0.29, 0.717) is 32.5 Å². The molecule has 0 unspecified atom stereocenters. The standard InChI is InChI=1S/C20H14Cl2N2O2/c21-17-10-3-1-8-15(17)19(25)23-13-6-5-7-14(12-13)24-20(26)16-9-2-4-11-18(16)22/h1-12H,(H,23,25)(H,24,26). The van der Waals surface area contributed by atoms with Crippen LogP contribution in [-0.2, 0) is 0 Å². The molecule has 0 spiro atoms. The van der Waals surface area contributed by atoms with Crippen molar-refractivity contribution in [3.05, 3.63) is 94.0 Å². The third-order valence-corrected chi connectivity index (χ3v) is 4.27. The van der Waals surface area contributed by atoms with Crippen LogP contribution in [0.1, 0.15) is 20.7 Å². The lowest BCUT2D eigenvalue weighted by atomic mass is 10.2. The van der Waals surface area contributed by atoms with Gasteiger partial charge in [0.15, 0.2) is 0 Å². The van der Waals surface area contributed by atoms with Crippen LogP contribution in [0.2, 0.25) is 10.0 Å². The fourth-order valence-electron chi connectivity index (χ4n) is 2.36. The molecule has 0 aliphatic rings. The van der Waals surface area contributed by atoms with Crippen molar-refractivity contribution in [3.8, 4) is 0 Å². The van der Waals surface area contributed by atoms with E-state index >= 15 is 0 Å². The van der Waals surface area contributed by atoms with Crippen LogP contribution in [0.3, 0.4) is 0 Å². The van der Waals surface area contributed by atoms with E-state index in [-0.39, 0.29) is 11.8 Å². The van der Waals surface area contributed by atoms with E-state index in [1.165, 1.54) is 0 Å². The highest BCUT2D eigenvalue weighted by Crippen LogP contribution is 2.21. The molecule has 0 aliphatic carbocycles. The first-order chi connectivity index (χ1) is 12.5. The molecule has 6 heteroatoms. The average Bonchev–Trinajstić information content (AvgIpc) is 2.62. The molecule has 0 saturated heterocycles. The maximum Gasteiger partial charge on any atom is 0.257 e. The summed E-state index contributed by atoms with van der Waals surface area (Å²) in [5.74, 6) is -0.657. The Morgan fingerprint density at radius 2 is 1.04 bits per heavy atom. The summed E-state index contributed by atoms with van der Waals surface area (Å²) in [4.78, 5) is 24.7. The van der Waals surface area contributed by atoms with E-state index in [9.17, 15) is 9.59 Å². The van der Waals surface area contributed by atoms with E-state index in [0.717, 1.165) is 0 Å². The maximum atomic E-state index is 12.3. The highest BCUT2D eigenvalue weighted by molar-refractivity contribution is 6.35. The lowest BCUT2D eigenvalue weighted by Gasteiger charge is -2.10. The molecular formula is C20H14Cl2N2O2. The van der Waals surface area contributed by atoms with Gasteiger partial charge in [0.1, 0.15) is 0 Å². The Bertz CT molecular complexity index is 899. The largest absolute Gasteiger partial charge is 0.322 e. The molecule has 0 bridgehead atoms. The second-order valence-electron chi connectivity index (χ2n) is 5.45. The average molecular weight is 385 g/mol. The first-order valence-corrected chi connectivity index (χ1v) is 8.52. The van der Waals surface area contributed by atoms with Crippen molar-refractivity contribution < 1.29 is 9.59 Å². The molecule has 0 radical (unpaired) electrons. The van der Waals surface area contributed by atoms with Gasteiger partial charge in [-0.2, -0.15) is 0 Å². The highest BCUT2D eigenvalue weighted by Gasteiger charge is 2.12. The normalized spacial score (nSPS) is 10.2. The number of benzene rings is 3. The third-order valence-electron chi connectivity index (χ3n) is 3.62. The number of amides is 2. The molecular weight excluding hydrogens is 371 g/mol. The van der Waals surface area contributed by atoms with Crippen LogP contribution >= 0.6 is 23.2 Å². The van der Waals surface area contributed by atoms with Crippen molar-refractivity contribution in [2.24, 2.45) is 0 Å². The quantitative estimate of drug-likeness (QED) is 0.623. The fourth-order valence-corrected chi connectivity index (χ4v) is 2.81. The lowest BCUT2D eigenvalue weighted by molar-refractivity contribution is 0.101. The molecule has 0 heterocycles. The van der Waals surface area contributed by atoms with Gasteiger partial charge in [0.2, 0.25) is 0 Å². The first-order valence-electron chi connectivity index (χ1n) is 7.76. The van der Waals surface area contributed by atoms with Crippen LogP contribution < -0.4 is 10.6 Å². The van der Waals surface area contributed by atoms with E-state index in [1.807, 2.05) is 0 Å². The highest BCUT2D eigenvalue weighted by atomic mass is 35.5. The summed E-state index contributed by atoms with van der Waals surface area (Å²) in [6.45, 7) is 0. The van der Waals surface area contributed by atoms with Crippen LogP contribution in [0, 0.1) is 0 Å².